The number of rotatable bonds is 1. The number of pyridine rings is 1. The first-order valence-electron chi connectivity index (χ1n) is 3.69. The van der Waals surface area contributed by atoms with Gasteiger partial charge in [0.2, 0.25) is 0 Å². The quantitative estimate of drug-likeness (QED) is 0.596. The average Bonchev–Trinajstić information content (AvgIpc) is 2.63. The zero-order chi connectivity index (χ0) is 9.26. The molecule has 0 fully saturated rings. The van der Waals surface area contributed by atoms with Crippen LogP contribution in [0.15, 0.2) is 24.7 Å². The highest BCUT2D eigenvalue weighted by Crippen LogP contribution is 2.07. The van der Waals surface area contributed by atoms with E-state index in [-0.39, 0.29) is 0 Å². The van der Waals surface area contributed by atoms with E-state index in [9.17, 15) is 4.79 Å². The van der Waals surface area contributed by atoms with Gasteiger partial charge in [0.15, 0.2) is 5.65 Å². The van der Waals surface area contributed by atoms with Crippen LogP contribution in [0.3, 0.4) is 0 Å². The van der Waals surface area contributed by atoms with Crippen LogP contribution in [0.4, 0.5) is 0 Å². The van der Waals surface area contributed by atoms with Crippen molar-refractivity contribution in [1.82, 2.24) is 14.6 Å². The van der Waals surface area contributed by atoms with Crippen molar-refractivity contribution in [1.29, 1.82) is 0 Å². The van der Waals surface area contributed by atoms with Gasteiger partial charge in [-0.3, -0.25) is 4.40 Å². The van der Waals surface area contributed by atoms with E-state index in [1.165, 1.54) is 13.4 Å². The Balaban J connectivity index is 2.67. The number of hydrogen-bond donors (Lipinski definition) is 0. The predicted octanol–water partition coefficient (Wildman–Crippen LogP) is 0.516. The largest absolute Gasteiger partial charge is 0.465 e. The minimum Gasteiger partial charge on any atom is -0.465 e. The predicted molar refractivity (Wildman–Crippen MR) is 44.3 cm³/mol. The summed E-state index contributed by atoms with van der Waals surface area (Å²) in [6, 6.07) is 3.39. The number of methoxy groups -OCH3 is 1. The fourth-order valence-electron chi connectivity index (χ4n) is 1.12. The van der Waals surface area contributed by atoms with E-state index in [0.717, 1.165) is 0 Å². The van der Waals surface area contributed by atoms with Gasteiger partial charge < -0.3 is 4.74 Å². The first kappa shape index (κ1) is 7.72. The molecule has 5 nitrogen and oxygen atoms in total. The SMILES string of the molecule is COC(=O)c1cccn2cnnc12. The first-order chi connectivity index (χ1) is 6.33. The molecule has 0 radical (unpaired) electrons. The van der Waals surface area contributed by atoms with Crippen LogP contribution >= 0.6 is 0 Å². The van der Waals surface area contributed by atoms with Crippen LogP contribution in [0.1, 0.15) is 10.4 Å². The molecular formula is C8H7N3O2. The standard InChI is InChI=1S/C8H7N3O2/c1-13-8(12)6-3-2-4-11-5-9-10-7(6)11/h2-5H,1H3. The molecule has 0 N–H and O–H groups in total. The van der Waals surface area contributed by atoms with Crippen molar-refractivity contribution in [3.8, 4) is 0 Å². The van der Waals surface area contributed by atoms with Gasteiger partial charge >= 0.3 is 5.97 Å². The van der Waals surface area contributed by atoms with Crippen molar-refractivity contribution in [2.45, 2.75) is 0 Å². The zero-order valence-corrected chi connectivity index (χ0v) is 6.97. The molecule has 0 bridgehead atoms. The number of fused-ring (bicyclic) bond motifs is 1. The third-order valence-corrected chi connectivity index (χ3v) is 1.73. The van der Waals surface area contributed by atoms with Gasteiger partial charge in [-0.1, -0.05) is 0 Å². The number of hydrogen-bond acceptors (Lipinski definition) is 4. The highest BCUT2D eigenvalue weighted by atomic mass is 16.5. The Labute approximate surface area is 74.0 Å². The van der Waals surface area contributed by atoms with Crippen LogP contribution in [0, 0.1) is 0 Å². The molecule has 2 heterocycles. The van der Waals surface area contributed by atoms with E-state index >= 15 is 0 Å². The maximum absolute atomic E-state index is 11.2. The highest BCUT2D eigenvalue weighted by Gasteiger charge is 2.11. The van der Waals surface area contributed by atoms with Gasteiger partial charge in [0.25, 0.3) is 0 Å². The topological polar surface area (TPSA) is 56.5 Å². The van der Waals surface area contributed by atoms with E-state index in [4.69, 9.17) is 0 Å². The Bertz CT molecular complexity index is 449. The molecule has 5 heteroatoms. The maximum Gasteiger partial charge on any atom is 0.341 e. The fraction of sp³-hybridized carbons (Fsp3) is 0.125. The Morgan fingerprint density at radius 1 is 1.62 bits per heavy atom. The number of ether oxygens (including phenoxy) is 1. The van der Waals surface area contributed by atoms with E-state index < -0.39 is 5.97 Å². The van der Waals surface area contributed by atoms with Crippen molar-refractivity contribution >= 4 is 11.6 Å². The summed E-state index contributed by atoms with van der Waals surface area (Å²) in [5.74, 6) is -0.404. The molecular weight excluding hydrogens is 170 g/mol. The highest BCUT2D eigenvalue weighted by molar-refractivity contribution is 5.95. The molecule has 13 heavy (non-hydrogen) atoms. The molecule has 0 unspecified atom stereocenters. The molecule has 66 valence electrons. The molecule has 0 aliphatic heterocycles. The summed E-state index contributed by atoms with van der Waals surface area (Å²) in [5.41, 5.74) is 0.928. The molecule has 0 saturated heterocycles. The summed E-state index contributed by atoms with van der Waals surface area (Å²) in [7, 11) is 1.34. The fourth-order valence-corrected chi connectivity index (χ4v) is 1.12. The number of carbonyl (C=O) groups is 1. The number of carbonyl (C=O) groups excluding carboxylic acids is 1. The molecule has 0 amide bonds. The lowest BCUT2D eigenvalue weighted by molar-refractivity contribution is 0.0602. The summed E-state index contributed by atoms with van der Waals surface area (Å²) in [5, 5.41) is 7.48. The summed E-state index contributed by atoms with van der Waals surface area (Å²) >= 11 is 0. The lowest BCUT2D eigenvalue weighted by atomic mass is 10.3. The second-order valence-electron chi connectivity index (χ2n) is 2.48. The second kappa shape index (κ2) is 2.85. The lowest BCUT2D eigenvalue weighted by Gasteiger charge is -1.99. The third-order valence-electron chi connectivity index (χ3n) is 1.73. The number of aromatic nitrogens is 3. The van der Waals surface area contributed by atoms with Crippen LogP contribution < -0.4 is 0 Å². The number of nitrogens with zero attached hydrogens (tertiary/aromatic N) is 3. The van der Waals surface area contributed by atoms with Gasteiger partial charge in [-0.25, -0.2) is 4.79 Å². The molecule has 0 aromatic carbocycles. The van der Waals surface area contributed by atoms with E-state index in [0.29, 0.717) is 11.2 Å². The smallest absolute Gasteiger partial charge is 0.341 e. The minimum atomic E-state index is -0.404. The maximum atomic E-state index is 11.2. The van der Waals surface area contributed by atoms with Crippen molar-refractivity contribution in [3.63, 3.8) is 0 Å². The van der Waals surface area contributed by atoms with Crippen molar-refractivity contribution in [2.24, 2.45) is 0 Å². The third kappa shape index (κ3) is 1.14. The summed E-state index contributed by atoms with van der Waals surface area (Å²) in [4.78, 5) is 11.2. The first-order valence-corrected chi connectivity index (χ1v) is 3.69. The van der Waals surface area contributed by atoms with Crippen molar-refractivity contribution in [2.75, 3.05) is 7.11 Å². The molecule has 0 aliphatic rings. The van der Waals surface area contributed by atoms with Crippen LogP contribution in [0.5, 0.6) is 0 Å². The van der Waals surface area contributed by atoms with E-state index in [1.54, 1.807) is 22.7 Å². The molecule has 0 spiro atoms. The molecule has 2 aromatic heterocycles. The Kier molecular flexibility index (Phi) is 1.70. The van der Waals surface area contributed by atoms with Gasteiger partial charge in [0, 0.05) is 6.20 Å². The van der Waals surface area contributed by atoms with Gasteiger partial charge in [-0.15, -0.1) is 10.2 Å². The van der Waals surface area contributed by atoms with E-state index in [2.05, 4.69) is 14.9 Å². The van der Waals surface area contributed by atoms with Gasteiger partial charge in [0.1, 0.15) is 11.9 Å². The van der Waals surface area contributed by atoms with Crippen LogP contribution in [0.25, 0.3) is 5.65 Å². The minimum absolute atomic E-state index is 0.404. The van der Waals surface area contributed by atoms with E-state index in [1.807, 2.05) is 0 Å². The van der Waals surface area contributed by atoms with Crippen molar-refractivity contribution in [3.05, 3.63) is 30.2 Å². The zero-order valence-electron chi connectivity index (χ0n) is 6.97. The Morgan fingerprint density at radius 2 is 2.46 bits per heavy atom. The van der Waals surface area contributed by atoms with Crippen LogP contribution in [0.2, 0.25) is 0 Å². The monoisotopic (exact) mass is 177 g/mol. The molecule has 2 rings (SSSR count). The van der Waals surface area contributed by atoms with Crippen molar-refractivity contribution < 1.29 is 9.53 Å². The van der Waals surface area contributed by atoms with Gasteiger partial charge in [-0.2, -0.15) is 0 Å². The second-order valence-corrected chi connectivity index (χ2v) is 2.48. The molecule has 0 saturated carbocycles. The summed E-state index contributed by atoms with van der Waals surface area (Å²) < 4.78 is 6.25. The van der Waals surface area contributed by atoms with Crippen LogP contribution in [-0.4, -0.2) is 27.7 Å². The molecule has 2 aromatic rings. The summed E-state index contributed by atoms with van der Waals surface area (Å²) in [6.07, 6.45) is 3.30. The number of esters is 1. The normalized spacial score (nSPS) is 10.2. The van der Waals surface area contributed by atoms with Gasteiger partial charge in [-0.05, 0) is 12.1 Å². The van der Waals surface area contributed by atoms with Crippen LogP contribution in [-0.2, 0) is 4.74 Å². The molecule has 0 atom stereocenters. The van der Waals surface area contributed by atoms with Gasteiger partial charge in [0.05, 0.1) is 7.11 Å². The Hall–Kier alpha value is -1.91. The lowest BCUT2D eigenvalue weighted by Crippen LogP contribution is -2.03. The summed E-state index contributed by atoms with van der Waals surface area (Å²) in [6.45, 7) is 0. The molecule has 0 aliphatic carbocycles. The Morgan fingerprint density at radius 3 is 3.23 bits per heavy atom. The average molecular weight is 177 g/mol.